The van der Waals surface area contributed by atoms with Gasteiger partial charge in [0.15, 0.2) is 5.82 Å². The summed E-state index contributed by atoms with van der Waals surface area (Å²) in [5.74, 6) is 0.773. The van der Waals surface area contributed by atoms with Gasteiger partial charge < -0.3 is 15.2 Å². The lowest BCUT2D eigenvalue weighted by molar-refractivity contribution is 0.103. The third kappa shape index (κ3) is 2.01. The molecule has 3 rings (SSSR count). The second kappa shape index (κ2) is 4.88. The van der Waals surface area contributed by atoms with E-state index in [0.29, 0.717) is 6.61 Å². The van der Waals surface area contributed by atoms with Crippen molar-refractivity contribution in [1.29, 1.82) is 0 Å². The predicted octanol–water partition coefficient (Wildman–Crippen LogP) is 0.683. The van der Waals surface area contributed by atoms with Crippen molar-refractivity contribution in [2.75, 3.05) is 20.3 Å². The van der Waals surface area contributed by atoms with Crippen LogP contribution in [0.15, 0.2) is 0 Å². The summed E-state index contributed by atoms with van der Waals surface area (Å²) in [6.45, 7) is 1.22. The molecule has 2 aromatic rings. The van der Waals surface area contributed by atoms with Crippen LogP contribution in [0, 0.1) is 0 Å². The van der Waals surface area contributed by atoms with Crippen molar-refractivity contribution in [2.45, 2.75) is 25.0 Å². The lowest BCUT2D eigenvalue weighted by atomic mass is 10.2. The SMILES string of the molecule is COCC(N)c1nn2c(C3CCCO3)nnc2s1. The number of rotatable bonds is 4. The minimum atomic E-state index is -0.223. The molecular formula is C10H15N5O2S. The van der Waals surface area contributed by atoms with Crippen LogP contribution in [0.4, 0.5) is 0 Å². The third-order valence-corrected chi connectivity index (χ3v) is 3.94. The van der Waals surface area contributed by atoms with Gasteiger partial charge in [-0.25, -0.2) is 0 Å². The number of hydrogen-bond donors (Lipinski definition) is 1. The van der Waals surface area contributed by atoms with Crippen LogP contribution in [0.2, 0.25) is 0 Å². The Morgan fingerprint density at radius 1 is 1.61 bits per heavy atom. The average Bonchev–Trinajstić information content (AvgIpc) is 3.04. The van der Waals surface area contributed by atoms with Crippen molar-refractivity contribution in [3.8, 4) is 0 Å². The van der Waals surface area contributed by atoms with Gasteiger partial charge in [-0.1, -0.05) is 11.3 Å². The van der Waals surface area contributed by atoms with E-state index in [1.165, 1.54) is 11.3 Å². The molecule has 98 valence electrons. The molecule has 8 heteroatoms. The zero-order valence-electron chi connectivity index (χ0n) is 10.1. The normalized spacial score (nSPS) is 21.8. The van der Waals surface area contributed by atoms with Gasteiger partial charge in [-0.05, 0) is 12.8 Å². The number of hydrogen-bond acceptors (Lipinski definition) is 7. The molecule has 0 aliphatic carbocycles. The van der Waals surface area contributed by atoms with Crippen LogP contribution in [0.1, 0.15) is 35.8 Å². The standard InChI is InChI=1S/C10H15N5O2S/c1-16-5-6(11)9-14-15-8(7-3-2-4-17-7)12-13-10(15)18-9/h6-7H,2-5,11H2,1H3. The molecule has 0 aromatic carbocycles. The fourth-order valence-corrected chi connectivity index (χ4v) is 2.86. The highest BCUT2D eigenvalue weighted by atomic mass is 32.1. The van der Waals surface area contributed by atoms with E-state index in [1.807, 2.05) is 0 Å². The van der Waals surface area contributed by atoms with Crippen LogP contribution in [0.5, 0.6) is 0 Å². The fraction of sp³-hybridized carbons (Fsp3) is 0.700. The summed E-state index contributed by atoms with van der Waals surface area (Å²) in [4.78, 5) is 0.752. The number of aromatic nitrogens is 4. The van der Waals surface area contributed by atoms with Gasteiger partial charge in [-0.15, -0.1) is 10.2 Å². The van der Waals surface area contributed by atoms with E-state index in [1.54, 1.807) is 11.6 Å². The molecular weight excluding hydrogens is 254 g/mol. The van der Waals surface area contributed by atoms with Crippen molar-refractivity contribution in [1.82, 2.24) is 19.8 Å². The van der Waals surface area contributed by atoms with E-state index in [2.05, 4.69) is 15.3 Å². The molecule has 1 saturated heterocycles. The molecule has 2 unspecified atom stereocenters. The quantitative estimate of drug-likeness (QED) is 0.878. The van der Waals surface area contributed by atoms with E-state index in [4.69, 9.17) is 15.2 Å². The van der Waals surface area contributed by atoms with Crippen LogP contribution < -0.4 is 5.73 Å². The van der Waals surface area contributed by atoms with E-state index >= 15 is 0 Å². The van der Waals surface area contributed by atoms with Crippen LogP contribution in [-0.2, 0) is 9.47 Å². The summed E-state index contributed by atoms with van der Waals surface area (Å²) in [7, 11) is 1.62. The Kier molecular flexibility index (Phi) is 3.25. The smallest absolute Gasteiger partial charge is 0.234 e. The number of nitrogens with zero attached hydrogens (tertiary/aromatic N) is 4. The van der Waals surface area contributed by atoms with Gasteiger partial charge in [-0.2, -0.15) is 9.61 Å². The molecule has 3 heterocycles. The summed E-state index contributed by atoms with van der Waals surface area (Å²) in [5.41, 5.74) is 5.96. The Morgan fingerprint density at radius 2 is 2.50 bits per heavy atom. The lowest BCUT2D eigenvalue weighted by Gasteiger charge is -2.06. The van der Waals surface area contributed by atoms with Crippen molar-refractivity contribution < 1.29 is 9.47 Å². The number of nitrogens with two attached hydrogens (primary N) is 1. The summed E-state index contributed by atoms with van der Waals surface area (Å²) in [5, 5.41) is 13.5. The van der Waals surface area contributed by atoms with Crippen molar-refractivity contribution >= 4 is 16.3 Å². The maximum absolute atomic E-state index is 5.96. The van der Waals surface area contributed by atoms with Crippen molar-refractivity contribution in [2.24, 2.45) is 5.73 Å². The van der Waals surface area contributed by atoms with Gasteiger partial charge in [0, 0.05) is 13.7 Å². The molecule has 1 aliphatic rings. The lowest BCUT2D eigenvalue weighted by Crippen LogP contribution is -2.16. The maximum Gasteiger partial charge on any atom is 0.234 e. The first-order valence-corrected chi connectivity index (χ1v) is 6.69. The average molecular weight is 269 g/mol. The van der Waals surface area contributed by atoms with Crippen LogP contribution in [0.3, 0.4) is 0 Å². The number of ether oxygens (including phenoxy) is 2. The highest BCUT2D eigenvalue weighted by Crippen LogP contribution is 2.29. The van der Waals surface area contributed by atoms with Gasteiger partial charge in [0.2, 0.25) is 4.96 Å². The topological polar surface area (TPSA) is 87.6 Å². The first kappa shape index (κ1) is 12.0. The number of fused-ring (bicyclic) bond motifs is 1. The van der Waals surface area contributed by atoms with Crippen LogP contribution in [0.25, 0.3) is 4.96 Å². The molecule has 2 aromatic heterocycles. The molecule has 0 bridgehead atoms. The van der Waals surface area contributed by atoms with Gasteiger partial charge in [0.05, 0.1) is 12.6 Å². The molecule has 1 aliphatic heterocycles. The molecule has 0 saturated carbocycles. The first-order chi connectivity index (χ1) is 8.79. The largest absolute Gasteiger partial charge is 0.383 e. The van der Waals surface area contributed by atoms with Gasteiger partial charge in [0.25, 0.3) is 0 Å². The Balaban J connectivity index is 1.92. The second-order valence-corrected chi connectivity index (χ2v) is 5.24. The van der Waals surface area contributed by atoms with Crippen molar-refractivity contribution in [3.05, 3.63) is 10.8 Å². The highest BCUT2D eigenvalue weighted by molar-refractivity contribution is 7.16. The Bertz CT molecular complexity index is 533. The molecule has 7 nitrogen and oxygen atoms in total. The van der Waals surface area contributed by atoms with Gasteiger partial charge >= 0.3 is 0 Å². The first-order valence-electron chi connectivity index (χ1n) is 5.87. The predicted molar refractivity (Wildman–Crippen MR) is 65.4 cm³/mol. The molecule has 1 fully saturated rings. The fourth-order valence-electron chi connectivity index (χ4n) is 2.03. The summed E-state index contributed by atoms with van der Waals surface area (Å²) in [6.07, 6.45) is 2.03. The maximum atomic E-state index is 5.96. The highest BCUT2D eigenvalue weighted by Gasteiger charge is 2.25. The zero-order chi connectivity index (χ0) is 12.5. The van der Waals surface area contributed by atoms with Gasteiger partial charge in [0.1, 0.15) is 11.1 Å². The minimum absolute atomic E-state index is 0.00796. The monoisotopic (exact) mass is 269 g/mol. The van der Waals surface area contributed by atoms with Crippen LogP contribution in [-0.4, -0.2) is 40.1 Å². The molecule has 0 amide bonds. The Morgan fingerprint density at radius 3 is 3.22 bits per heavy atom. The molecule has 18 heavy (non-hydrogen) atoms. The van der Waals surface area contributed by atoms with Gasteiger partial charge in [-0.3, -0.25) is 0 Å². The molecule has 0 radical (unpaired) electrons. The van der Waals surface area contributed by atoms with E-state index < -0.39 is 0 Å². The number of methoxy groups -OCH3 is 1. The Hall–Kier alpha value is -1.09. The van der Waals surface area contributed by atoms with Crippen LogP contribution >= 0.6 is 11.3 Å². The molecule has 2 atom stereocenters. The molecule has 0 spiro atoms. The molecule has 2 N–H and O–H groups in total. The van der Waals surface area contributed by atoms with E-state index in [-0.39, 0.29) is 12.1 Å². The van der Waals surface area contributed by atoms with E-state index in [0.717, 1.165) is 35.2 Å². The second-order valence-electron chi connectivity index (χ2n) is 4.26. The third-order valence-electron chi connectivity index (χ3n) is 2.91. The zero-order valence-corrected chi connectivity index (χ0v) is 10.9. The minimum Gasteiger partial charge on any atom is -0.383 e. The summed E-state index contributed by atoms with van der Waals surface area (Å²) >= 11 is 1.44. The summed E-state index contributed by atoms with van der Waals surface area (Å²) in [6, 6.07) is -0.223. The van der Waals surface area contributed by atoms with E-state index in [9.17, 15) is 0 Å². The van der Waals surface area contributed by atoms with Crippen molar-refractivity contribution in [3.63, 3.8) is 0 Å². The summed E-state index contributed by atoms with van der Waals surface area (Å²) < 4.78 is 12.4. The Labute approximate surface area is 108 Å².